The summed E-state index contributed by atoms with van der Waals surface area (Å²) < 4.78 is 0. The number of piperidine rings is 1. The molecule has 126 valence electrons. The van der Waals surface area contributed by atoms with Crippen LogP contribution in [0.25, 0.3) is 0 Å². The summed E-state index contributed by atoms with van der Waals surface area (Å²) in [5.41, 5.74) is 0. The zero-order valence-corrected chi connectivity index (χ0v) is 13.6. The van der Waals surface area contributed by atoms with Crippen LogP contribution in [0.15, 0.2) is 18.5 Å². The highest BCUT2D eigenvalue weighted by atomic mass is 16.2. The average Bonchev–Trinajstić information content (AvgIpc) is 3.14. The predicted molar refractivity (Wildman–Crippen MR) is 89.3 cm³/mol. The van der Waals surface area contributed by atoms with Gasteiger partial charge in [-0.05, 0) is 44.8 Å². The minimum absolute atomic E-state index is 0.0460. The molecular formula is C16H26N6O. The average molecular weight is 318 g/mol. The molecule has 1 aromatic heterocycles. The van der Waals surface area contributed by atoms with Gasteiger partial charge in [0.15, 0.2) is 0 Å². The Morgan fingerprint density at radius 1 is 1.13 bits per heavy atom. The van der Waals surface area contributed by atoms with E-state index in [4.69, 9.17) is 0 Å². The summed E-state index contributed by atoms with van der Waals surface area (Å²) in [6, 6.07) is 2.37. The van der Waals surface area contributed by atoms with E-state index in [1.807, 2.05) is 4.90 Å². The Bertz CT molecular complexity index is 491. The number of likely N-dealkylation sites (tertiary alicyclic amines) is 2. The van der Waals surface area contributed by atoms with Gasteiger partial charge >= 0.3 is 6.03 Å². The smallest absolute Gasteiger partial charge is 0.317 e. The van der Waals surface area contributed by atoms with Gasteiger partial charge in [0.2, 0.25) is 5.95 Å². The van der Waals surface area contributed by atoms with Crippen molar-refractivity contribution in [1.29, 1.82) is 0 Å². The molecule has 2 N–H and O–H groups in total. The lowest BCUT2D eigenvalue weighted by atomic mass is 10.0. The molecule has 0 spiro atoms. The van der Waals surface area contributed by atoms with Crippen LogP contribution in [-0.4, -0.2) is 71.1 Å². The monoisotopic (exact) mass is 318 g/mol. The largest absolute Gasteiger partial charge is 0.352 e. The van der Waals surface area contributed by atoms with Crippen molar-refractivity contribution in [2.75, 3.05) is 44.6 Å². The summed E-state index contributed by atoms with van der Waals surface area (Å²) in [6.45, 7) is 5.32. The van der Waals surface area contributed by atoms with E-state index in [2.05, 4.69) is 25.5 Å². The third-order valence-corrected chi connectivity index (χ3v) is 4.59. The molecule has 0 radical (unpaired) electrons. The van der Waals surface area contributed by atoms with E-state index >= 15 is 0 Å². The number of aromatic nitrogens is 2. The van der Waals surface area contributed by atoms with Gasteiger partial charge in [0.05, 0.1) is 0 Å². The topological polar surface area (TPSA) is 73.4 Å². The fourth-order valence-corrected chi connectivity index (χ4v) is 3.39. The van der Waals surface area contributed by atoms with Crippen LogP contribution in [-0.2, 0) is 0 Å². The number of hydrogen-bond acceptors (Lipinski definition) is 5. The van der Waals surface area contributed by atoms with E-state index in [0.717, 1.165) is 19.5 Å². The van der Waals surface area contributed by atoms with Gasteiger partial charge in [0.1, 0.15) is 0 Å². The first kappa shape index (κ1) is 16.0. The highest BCUT2D eigenvalue weighted by molar-refractivity contribution is 5.74. The lowest BCUT2D eigenvalue weighted by molar-refractivity contribution is 0.125. The van der Waals surface area contributed by atoms with Gasteiger partial charge in [0.25, 0.3) is 0 Å². The second kappa shape index (κ2) is 8.10. The van der Waals surface area contributed by atoms with E-state index < -0.39 is 0 Å². The second-order valence-electron chi connectivity index (χ2n) is 6.22. The van der Waals surface area contributed by atoms with Gasteiger partial charge in [-0.3, -0.25) is 4.90 Å². The molecule has 0 aliphatic carbocycles. The lowest BCUT2D eigenvalue weighted by Gasteiger charge is -2.37. The Labute approximate surface area is 137 Å². The summed E-state index contributed by atoms with van der Waals surface area (Å²) >= 11 is 0. The molecule has 3 heterocycles. The van der Waals surface area contributed by atoms with Crippen LogP contribution >= 0.6 is 0 Å². The quantitative estimate of drug-likeness (QED) is 0.797. The summed E-state index contributed by atoms with van der Waals surface area (Å²) in [7, 11) is 0. The number of rotatable bonds is 5. The standard InChI is InChI=1S/C16H26N6O/c23-16(20-9-8-19-15-17-6-4-7-18-15)22-12-3-5-14(13-22)21-10-1-2-11-21/h4,6-7,14H,1-3,5,8-13H2,(H,20,23)(H,17,18,19)/t14-/m0/s1. The van der Waals surface area contributed by atoms with Crippen molar-refractivity contribution in [3.8, 4) is 0 Å². The highest BCUT2D eigenvalue weighted by Gasteiger charge is 2.28. The molecule has 0 bridgehead atoms. The number of urea groups is 1. The Balaban J connectivity index is 1.37. The van der Waals surface area contributed by atoms with Gasteiger partial charge in [0, 0.05) is 44.6 Å². The molecule has 7 heteroatoms. The maximum absolute atomic E-state index is 12.3. The van der Waals surface area contributed by atoms with Crippen molar-refractivity contribution in [3.05, 3.63) is 18.5 Å². The van der Waals surface area contributed by atoms with Crippen LogP contribution < -0.4 is 10.6 Å². The zero-order chi connectivity index (χ0) is 15.9. The summed E-state index contributed by atoms with van der Waals surface area (Å²) in [4.78, 5) is 25.0. The normalized spacial score (nSPS) is 22.1. The van der Waals surface area contributed by atoms with E-state index in [1.165, 1.54) is 32.4 Å². The SMILES string of the molecule is O=C(NCCNc1ncccn1)N1CCC[C@H](N2CCCC2)C1. The number of carbonyl (C=O) groups is 1. The Morgan fingerprint density at radius 2 is 1.91 bits per heavy atom. The van der Waals surface area contributed by atoms with Gasteiger partial charge in [-0.15, -0.1) is 0 Å². The molecule has 3 rings (SSSR count). The van der Waals surface area contributed by atoms with Crippen molar-refractivity contribution in [2.45, 2.75) is 31.7 Å². The molecule has 2 saturated heterocycles. The van der Waals surface area contributed by atoms with E-state index in [9.17, 15) is 4.79 Å². The molecule has 7 nitrogen and oxygen atoms in total. The van der Waals surface area contributed by atoms with E-state index in [0.29, 0.717) is 25.1 Å². The van der Waals surface area contributed by atoms with Crippen LogP contribution in [0.3, 0.4) is 0 Å². The zero-order valence-electron chi connectivity index (χ0n) is 13.6. The molecule has 1 atom stereocenters. The number of nitrogens with one attached hydrogen (secondary N) is 2. The van der Waals surface area contributed by atoms with Crippen LogP contribution in [0.5, 0.6) is 0 Å². The van der Waals surface area contributed by atoms with E-state index in [-0.39, 0.29) is 6.03 Å². The van der Waals surface area contributed by atoms with Crippen LogP contribution in [0, 0.1) is 0 Å². The molecule has 2 aliphatic rings. The third kappa shape index (κ3) is 4.54. The lowest BCUT2D eigenvalue weighted by Crippen LogP contribution is -2.52. The van der Waals surface area contributed by atoms with Crippen molar-refractivity contribution >= 4 is 12.0 Å². The summed E-state index contributed by atoms with van der Waals surface area (Å²) in [5, 5.41) is 6.08. The second-order valence-corrected chi connectivity index (χ2v) is 6.22. The summed E-state index contributed by atoms with van der Waals surface area (Å²) in [5.74, 6) is 0.591. The molecule has 2 amide bonds. The minimum Gasteiger partial charge on any atom is -0.352 e. The predicted octanol–water partition coefficient (Wildman–Crippen LogP) is 1.16. The molecule has 1 aromatic rings. The molecule has 23 heavy (non-hydrogen) atoms. The minimum atomic E-state index is 0.0460. The van der Waals surface area contributed by atoms with Crippen LogP contribution in [0.1, 0.15) is 25.7 Å². The van der Waals surface area contributed by atoms with Gasteiger partial charge in [-0.1, -0.05) is 0 Å². The van der Waals surface area contributed by atoms with Crippen molar-refractivity contribution in [2.24, 2.45) is 0 Å². The molecule has 0 saturated carbocycles. The number of amides is 2. The maximum atomic E-state index is 12.3. The number of carbonyl (C=O) groups excluding carboxylic acids is 1. The Morgan fingerprint density at radius 3 is 2.70 bits per heavy atom. The maximum Gasteiger partial charge on any atom is 0.317 e. The van der Waals surface area contributed by atoms with Crippen molar-refractivity contribution in [1.82, 2.24) is 25.1 Å². The summed E-state index contributed by atoms with van der Waals surface area (Å²) in [6.07, 6.45) is 8.31. The van der Waals surface area contributed by atoms with Crippen LogP contribution in [0.4, 0.5) is 10.7 Å². The van der Waals surface area contributed by atoms with E-state index in [1.54, 1.807) is 18.5 Å². The van der Waals surface area contributed by atoms with Gasteiger partial charge in [-0.2, -0.15) is 0 Å². The molecular weight excluding hydrogens is 292 g/mol. The molecule has 2 aliphatic heterocycles. The fraction of sp³-hybridized carbons (Fsp3) is 0.688. The number of hydrogen-bond donors (Lipinski definition) is 2. The van der Waals surface area contributed by atoms with Gasteiger partial charge < -0.3 is 15.5 Å². The third-order valence-electron chi connectivity index (χ3n) is 4.59. The first-order chi connectivity index (χ1) is 11.3. The number of nitrogens with zero attached hydrogens (tertiary/aromatic N) is 4. The number of anilines is 1. The fourth-order valence-electron chi connectivity index (χ4n) is 3.39. The Hall–Kier alpha value is -1.89. The molecule has 2 fully saturated rings. The Kier molecular flexibility index (Phi) is 5.63. The highest BCUT2D eigenvalue weighted by Crippen LogP contribution is 2.20. The van der Waals surface area contributed by atoms with Gasteiger partial charge in [-0.25, -0.2) is 14.8 Å². The van der Waals surface area contributed by atoms with Crippen LogP contribution in [0.2, 0.25) is 0 Å². The van der Waals surface area contributed by atoms with Crippen molar-refractivity contribution < 1.29 is 4.79 Å². The molecule has 0 unspecified atom stereocenters. The first-order valence-electron chi connectivity index (χ1n) is 8.60. The molecule has 0 aromatic carbocycles. The first-order valence-corrected chi connectivity index (χ1v) is 8.60. The van der Waals surface area contributed by atoms with Crippen molar-refractivity contribution in [3.63, 3.8) is 0 Å².